The number of hydrogen-bond donors (Lipinski definition) is 0. The van der Waals surface area contributed by atoms with E-state index >= 15 is 0 Å². The molecule has 2 amide bonds. The van der Waals surface area contributed by atoms with Crippen LogP contribution in [-0.2, 0) is 22.4 Å². The van der Waals surface area contributed by atoms with Crippen LogP contribution < -0.4 is 0 Å². The van der Waals surface area contributed by atoms with Crippen molar-refractivity contribution < 1.29 is 14.3 Å². The van der Waals surface area contributed by atoms with Crippen molar-refractivity contribution in [2.75, 3.05) is 26.2 Å². The fourth-order valence-electron chi connectivity index (χ4n) is 4.24. The van der Waals surface area contributed by atoms with Crippen molar-refractivity contribution in [1.29, 1.82) is 0 Å². The summed E-state index contributed by atoms with van der Waals surface area (Å²) in [6, 6.07) is 8.32. The van der Waals surface area contributed by atoms with Gasteiger partial charge in [-0.1, -0.05) is 31.2 Å². The highest BCUT2D eigenvalue weighted by molar-refractivity contribution is 5.81. The number of fused-ring (bicyclic) bond motifs is 2. The summed E-state index contributed by atoms with van der Waals surface area (Å²) in [5.41, 5.74) is 2.28. The highest BCUT2D eigenvalue weighted by atomic mass is 16.6. The number of nitrogens with zero attached hydrogens (tertiary/aromatic N) is 2. The van der Waals surface area contributed by atoms with Crippen molar-refractivity contribution in [2.24, 2.45) is 5.92 Å². The highest BCUT2D eigenvalue weighted by Gasteiger charge is 2.50. The lowest BCUT2D eigenvalue weighted by atomic mass is 9.91. The molecule has 5 nitrogen and oxygen atoms in total. The number of amides is 2. The van der Waals surface area contributed by atoms with E-state index in [1.54, 1.807) is 0 Å². The Hall–Kier alpha value is -2.04. The van der Waals surface area contributed by atoms with Gasteiger partial charge in [-0.15, -0.1) is 0 Å². The van der Waals surface area contributed by atoms with Gasteiger partial charge in [0.05, 0.1) is 5.54 Å². The Balaban J connectivity index is 1.49. The first kappa shape index (κ1) is 14.5. The van der Waals surface area contributed by atoms with Crippen molar-refractivity contribution in [3.05, 3.63) is 35.4 Å². The fraction of sp³-hybridized carbons (Fsp3) is 0.556. The van der Waals surface area contributed by atoms with Crippen LogP contribution in [-0.4, -0.2) is 53.6 Å². The van der Waals surface area contributed by atoms with Gasteiger partial charge < -0.3 is 9.64 Å². The summed E-state index contributed by atoms with van der Waals surface area (Å²) in [6.07, 6.45) is 2.26. The molecular formula is C18H22N2O3. The molecule has 0 bridgehead atoms. The minimum Gasteiger partial charge on any atom is -0.447 e. The normalized spacial score (nSPS) is 26.9. The highest BCUT2D eigenvalue weighted by Crippen LogP contribution is 2.34. The second-order valence-electron chi connectivity index (χ2n) is 6.92. The Morgan fingerprint density at radius 1 is 1.26 bits per heavy atom. The monoisotopic (exact) mass is 314 g/mol. The van der Waals surface area contributed by atoms with Crippen LogP contribution in [0.3, 0.4) is 0 Å². The topological polar surface area (TPSA) is 49.9 Å². The van der Waals surface area contributed by atoms with E-state index < -0.39 is 0 Å². The molecule has 0 radical (unpaired) electrons. The molecule has 2 aliphatic heterocycles. The molecule has 4 rings (SSSR count). The molecule has 3 aliphatic rings. The average molecular weight is 314 g/mol. The van der Waals surface area contributed by atoms with Crippen molar-refractivity contribution >= 4 is 12.0 Å². The van der Waals surface area contributed by atoms with Crippen LogP contribution in [0.5, 0.6) is 0 Å². The van der Waals surface area contributed by atoms with Crippen molar-refractivity contribution in [3.63, 3.8) is 0 Å². The predicted octanol–water partition coefficient (Wildman–Crippen LogP) is 1.84. The number of carbonyl (C=O) groups is 2. The van der Waals surface area contributed by atoms with E-state index in [9.17, 15) is 9.59 Å². The second-order valence-corrected chi connectivity index (χ2v) is 6.92. The summed E-state index contributed by atoms with van der Waals surface area (Å²) < 4.78 is 5.25. The van der Waals surface area contributed by atoms with Gasteiger partial charge in [0.2, 0.25) is 5.91 Å². The van der Waals surface area contributed by atoms with Gasteiger partial charge in [0.15, 0.2) is 0 Å². The largest absolute Gasteiger partial charge is 0.447 e. The van der Waals surface area contributed by atoms with Crippen LogP contribution in [0.2, 0.25) is 0 Å². The van der Waals surface area contributed by atoms with Crippen molar-refractivity contribution in [3.8, 4) is 0 Å². The Morgan fingerprint density at radius 3 is 2.61 bits per heavy atom. The molecule has 2 saturated heterocycles. The zero-order chi connectivity index (χ0) is 16.0. The zero-order valence-corrected chi connectivity index (χ0v) is 13.5. The van der Waals surface area contributed by atoms with Crippen LogP contribution in [0.15, 0.2) is 24.3 Å². The lowest BCUT2D eigenvalue weighted by molar-refractivity contribution is -0.139. The number of cyclic esters (lactones) is 1. The lowest BCUT2D eigenvalue weighted by Gasteiger charge is -2.44. The molecule has 0 spiro atoms. The molecule has 2 fully saturated rings. The fourth-order valence-corrected chi connectivity index (χ4v) is 4.24. The van der Waals surface area contributed by atoms with Gasteiger partial charge in [0, 0.05) is 25.6 Å². The molecule has 0 saturated carbocycles. The molecule has 122 valence electrons. The first-order valence-corrected chi connectivity index (χ1v) is 8.43. The Kier molecular flexibility index (Phi) is 3.32. The minimum atomic E-state index is -0.323. The summed E-state index contributed by atoms with van der Waals surface area (Å²) in [7, 11) is 0. The number of hydrogen-bond acceptors (Lipinski definition) is 3. The van der Waals surface area contributed by atoms with Gasteiger partial charge in [-0.3, -0.25) is 9.69 Å². The Morgan fingerprint density at radius 2 is 1.96 bits per heavy atom. The third kappa shape index (κ3) is 2.21. The summed E-state index contributed by atoms with van der Waals surface area (Å²) >= 11 is 0. The smallest absolute Gasteiger partial charge is 0.410 e. The third-order valence-electron chi connectivity index (χ3n) is 5.71. The molecule has 1 aromatic carbocycles. The second kappa shape index (κ2) is 5.25. The van der Waals surface area contributed by atoms with Crippen molar-refractivity contribution in [2.45, 2.75) is 31.7 Å². The van der Waals surface area contributed by atoms with Gasteiger partial charge in [0.25, 0.3) is 0 Å². The summed E-state index contributed by atoms with van der Waals surface area (Å²) in [5, 5.41) is 0. The molecule has 2 heterocycles. The zero-order valence-electron chi connectivity index (χ0n) is 13.5. The number of carbonyl (C=O) groups excluding carboxylic acids is 2. The number of rotatable bonds is 2. The van der Waals surface area contributed by atoms with Gasteiger partial charge in [-0.05, 0) is 30.4 Å². The molecule has 5 heteroatoms. The molecule has 23 heavy (non-hydrogen) atoms. The van der Waals surface area contributed by atoms with Gasteiger partial charge >= 0.3 is 6.09 Å². The van der Waals surface area contributed by atoms with Gasteiger partial charge in [-0.25, -0.2) is 4.79 Å². The summed E-state index contributed by atoms with van der Waals surface area (Å²) in [5.74, 6) is 0.277. The Labute approximate surface area is 136 Å². The van der Waals surface area contributed by atoms with E-state index in [4.69, 9.17) is 4.74 Å². The molecule has 0 N–H and O–H groups in total. The number of benzene rings is 1. The first-order valence-electron chi connectivity index (χ1n) is 8.43. The summed E-state index contributed by atoms with van der Waals surface area (Å²) in [6.45, 7) is 4.26. The van der Waals surface area contributed by atoms with E-state index in [0.29, 0.717) is 26.2 Å². The van der Waals surface area contributed by atoms with Crippen LogP contribution in [0.1, 0.15) is 24.5 Å². The van der Waals surface area contributed by atoms with Gasteiger partial charge in [-0.2, -0.15) is 0 Å². The summed E-state index contributed by atoms with van der Waals surface area (Å²) in [4.78, 5) is 28.6. The molecule has 1 aliphatic carbocycles. The van der Waals surface area contributed by atoms with Crippen LogP contribution in [0, 0.1) is 5.92 Å². The minimum absolute atomic E-state index is 0.0471. The van der Waals surface area contributed by atoms with Crippen LogP contribution >= 0.6 is 0 Å². The Bertz CT molecular complexity index is 634. The SMILES string of the molecule is CCC12COC(=O)N1CCN(C(=O)C1Cc3ccccc3C1)C2. The maximum absolute atomic E-state index is 13.0. The van der Waals surface area contributed by atoms with Crippen LogP contribution in [0.25, 0.3) is 0 Å². The van der Waals surface area contributed by atoms with Gasteiger partial charge in [0.1, 0.15) is 6.61 Å². The third-order valence-corrected chi connectivity index (χ3v) is 5.71. The van der Waals surface area contributed by atoms with E-state index in [1.807, 2.05) is 21.9 Å². The molecule has 1 atom stereocenters. The van der Waals surface area contributed by atoms with E-state index in [1.165, 1.54) is 11.1 Å². The van der Waals surface area contributed by atoms with E-state index in [-0.39, 0.29) is 23.5 Å². The predicted molar refractivity (Wildman–Crippen MR) is 85.0 cm³/mol. The van der Waals surface area contributed by atoms with Crippen LogP contribution in [0.4, 0.5) is 4.79 Å². The molecule has 1 unspecified atom stereocenters. The molecular weight excluding hydrogens is 292 g/mol. The standard InChI is InChI=1S/C18H22N2O3/c1-2-18-11-19(7-8-20(18)17(22)23-12-18)16(21)15-9-13-5-3-4-6-14(13)10-15/h3-6,15H,2,7-12H2,1H3. The molecule has 0 aromatic heterocycles. The quantitative estimate of drug-likeness (QED) is 0.837. The van der Waals surface area contributed by atoms with E-state index in [2.05, 4.69) is 19.1 Å². The van der Waals surface area contributed by atoms with Crippen molar-refractivity contribution in [1.82, 2.24) is 9.80 Å². The molecule has 1 aromatic rings. The maximum atomic E-state index is 13.0. The average Bonchev–Trinajstić information content (AvgIpc) is 3.16. The number of ether oxygens (including phenoxy) is 1. The van der Waals surface area contributed by atoms with E-state index in [0.717, 1.165) is 19.3 Å². The lowest BCUT2D eigenvalue weighted by Crippen LogP contribution is -2.62. The first-order chi connectivity index (χ1) is 11.1. The number of piperazine rings is 1. The maximum Gasteiger partial charge on any atom is 0.410 e.